The topological polar surface area (TPSA) is 69.7 Å². The lowest BCUT2D eigenvalue weighted by Crippen LogP contribution is -2.47. The summed E-state index contributed by atoms with van der Waals surface area (Å²) in [6.45, 7) is 4.80. The van der Waals surface area contributed by atoms with E-state index in [4.69, 9.17) is 0 Å². The molecule has 2 saturated heterocycles. The third kappa shape index (κ3) is 4.20. The highest BCUT2D eigenvalue weighted by atomic mass is 32.2. The molecule has 0 bridgehead atoms. The molecule has 0 aromatic heterocycles. The average molecular weight is 331 g/mol. The minimum Gasteiger partial charge on any atom is -0.341 e. The highest BCUT2D eigenvalue weighted by Gasteiger charge is 2.34. The fraction of sp³-hybridized carbons (Fsp3) is 0.933. The molecule has 2 aliphatic heterocycles. The molecule has 2 rings (SSSR count). The lowest BCUT2D eigenvalue weighted by atomic mass is 9.96. The zero-order valence-electron chi connectivity index (χ0n) is 13.8. The molecule has 1 amide bonds. The van der Waals surface area contributed by atoms with Gasteiger partial charge in [-0.2, -0.15) is 0 Å². The molecule has 0 aromatic carbocycles. The van der Waals surface area contributed by atoms with E-state index in [-0.39, 0.29) is 17.6 Å². The molecule has 1 unspecified atom stereocenters. The van der Waals surface area contributed by atoms with Gasteiger partial charge in [-0.25, -0.2) is 12.7 Å². The van der Waals surface area contributed by atoms with Gasteiger partial charge in [0.05, 0.1) is 5.75 Å². The maximum atomic E-state index is 12.5. The number of nitrogens with one attached hydrogen (secondary N) is 1. The number of sulfonamides is 1. The fourth-order valence-electron chi connectivity index (χ4n) is 3.27. The molecule has 0 saturated carbocycles. The quantitative estimate of drug-likeness (QED) is 0.776. The summed E-state index contributed by atoms with van der Waals surface area (Å²) < 4.78 is 25.9. The van der Waals surface area contributed by atoms with Crippen LogP contribution in [0.25, 0.3) is 0 Å². The Balaban J connectivity index is 1.84. The van der Waals surface area contributed by atoms with Crippen molar-refractivity contribution in [2.24, 2.45) is 5.92 Å². The van der Waals surface area contributed by atoms with Crippen LogP contribution in [0.1, 0.15) is 39.0 Å². The second kappa shape index (κ2) is 7.75. The molecule has 128 valence electrons. The number of amides is 1. The predicted octanol–water partition coefficient (Wildman–Crippen LogP) is 0.649. The Labute approximate surface area is 134 Å². The minimum atomic E-state index is -3.13. The molecule has 1 N–H and O–H groups in total. The zero-order chi connectivity index (χ0) is 16.2. The summed E-state index contributed by atoms with van der Waals surface area (Å²) in [6, 6.07) is 0.291. The molecule has 2 fully saturated rings. The molecule has 2 heterocycles. The van der Waals surface area contributed by atoms with Gasteiger partial charge >= 0.3 is 0 Å². The van der Waals surface area contributed by atoms with Crippen molar-refractivity contribution in [1.82, 2.24) is 14.5 Å². The Morgan fingerprint density at radius 2 is 1.95 bits per heavy atom. The first-order valence-corrected chi connectivity index (χ1v) is 10.0. The number of hydrogen-bond donors (Lipinski definition) is 1. The van der Waals surface area contributed by atoms with Crippen LogP contribution in [0, 0.1) is 5.92 Å². The Hall–Kier alpha value is -0.660. The van der Waals surface area contributed by atoms with Crippen molar-refractivity contribution in [3.63, 3.8) is 0 Å². The van der Waals surface area contributed by atoms with Crippen LogP contribution < -0.4 is 5.32 Å². The fourth-order valence-corrected chi connectivity index (χ4v) is 4.95. The van der Waals surface area contributed by atoms with Crippen LogP contribution >= 0.6 is 0 Å². The Kier molecular flexibility index (Phi) is 6.23. The van der Waals surface area contributed by atoms with E-state index in [0.29, 0.717) is 38.4 Å². The normalized spacial score (nSPS) is 24.5. The van der Waals surface area contributed by atoms with Crippen LogP contribution in [-0.4, -0.2) is 68.6 Å². The molecule has 0 aliphatic carbocycles. The first-order chi connectivity index (χ1) is 10.5. The molecular formula is C15H29N3O3S. The van der Waals surface area contributed by atoms with E-state index in [2.05, 4.69) is 5.32 Å². The number of piperidine rings is 1. The van der Waals surface area contributed by atoms with E-state index in [1.807, 2.05) is 18.9 Å². The molecule has 7 heteroatoms. The van der Waals surface area contributed by atoms with Gasteiger partial charge in [-0.05, 0) is 32.2 Å². The maximum absolute atomic E-state index is 12.5. The highest BCUT2D eigenvalue weighted by Crippen LogP contribution is 2.23. The Morgan fingerprint density at radius 3 is 2.50 bits per heavy atom. The lowest BCUT2D eigenvalue weighted by Gasteiger charge is -2.34. The van der Waals surface area contributed by atoms with Gasteiger partial charge in [-0.1, -0.05) is 13.3 Å². The lowest BCUT2D eigenvalue weighted by molar-refractivity contribution is -0.137. The van der Waals surface area contributed by atoms with Crippen molar-refractivity contribution in [3.8, 4) is 0 Å². The standard InChI is InChI=1S/C15H29N3O3S/c1-3-4-11-22(20,21)18-9-6-13(7-10-18)15(19)17(2)14-5-8-16-12-14/h13-14,16H,3-12H2,1-2H3. The second-order valence-electron chi connectivity index (χ2n) is 6.44. The van der Waals surface area contributed by atoms with Gasteiger partial charge < -0.3 is 10.2 Å². The second-order valence-corrected chi connectivity index (χ2v) is 8.53. The zero-order valence-corrected chi connectivity index (χ0v) is 14.6. The summed E-state index contributed by atoms with van der Waals surface area (Å²) >= 11 is 0. The summed E-state index contributed by atoms with van der Waals surface area (Å²) in [4.78, 5) is 14.4. The van der Waals surface area contributed by atoms with Crippen molar-refractivity contribution in [2.45, 2.75) is 45.1 Å². The van der Waals surface area contributed by atoms with Crippen LogP contribution in [0.3, 0.4) is 0 Å². The van der Waals surface area contributed by atoms with Crippen LogP contribution in [0.4, 0.5) is 0 Å². The minimum absolute atomic E-state index is 0.0248. The summed E-state index contributed by atoms with van der Waals surface area (Å²) in [5, 5.41) is 3.28. The predicted molar refractivity (Wildman–Crippen MR) is 87.0 cm³/mol. The van der Waals surface area contributed by atoms with Gasteiger partial charge in [-0.3, -0.25) is 4.79 Å². The number of carbonyl (C=O) groups is 1. The van der Waals surface area contributed by atoms with E-state index in [1.54, 1.807) is 4.31 Å². The number of nitrogens with zero attached hydrogens (tertiary/aromatic N) is 2. The Morgan fingerprint density at radius 1 is 1.27 bits per heavy atom. The van der Waals surface area contributed by atoms with Gasteiger partial charge in [0.2, 0.25) is 15.9 Å². The number of unbranched alkanes of at least 4 members (excludes halogenated alkanes) is 1. The number of hydrogen-bond acceptors (Lipinski definition) is 4. The van der Waals surface area contributed by atoms with Gasteiger partial charge in [0.15, 0.2) is 0 Å². The molecular weight excluding hydrogens is 302 g/mol. The third-order valence-electron chi connectivity index (χ3n) is 4.88. The summed E-state index contributed by atoms with van der Waals surface area (Å²) in [7, 11) is -1.25. The van der Waals surface area contributed by atoms with E-state index < -0.39 is 10.0 Å². The molecule has 6 nitrogen and oxygen atoms in total. The van der Waals surface area contributed by atoms with E-state index in [0.717, 1.165) is 25.9 Å². The van der Waals surface area contributed by atoms with Crippen LogP contribution in [-0.2, 0) is 14.8 Å². The van der Waals surface area contributed by atoms with Crippen molar-refractivity contribution in [1.29, 1.82) is 0 Å². The first-order valence-electron chi connectivity index (χ1n) is 8.41. The van der Waals surface area contributed by atoms with Gasteiger partial charge in [0.1, 0.15) is 0 Å². The largest absolute Gasteiger partial charge is 0.341 e. The molecule has 0 radical (unpaired) electrons. The van der Waals surface area contributed by atoms with Gasteiger partial charge in [0.25, 0.3) is 0 Å². The monoisotopic (exact) mass is 331 g/mol. The third-order valence-corrected chi connectivity index (χ3v) is 6.84. The van der Waals surface area contributed by atoms with Crippen molar-refractivity contribution in [3.05, 3.63) is 0 Å². The summed E-state index contributed by atoms with van der Waals surface area (Å²) in [5.74, 6) is 0.387. The van der Waals surface area contributed by atoms with Crippen LogP contribution in [0.5, 0.6) is 0 Å². The molecule has 2 aliphatic rings. The molecule has 0 aromatic rings. The highest BCUT2D eigenvalue weighted by molar-refractivity contribution is 7.89. The number of rotatable bonds is 6. The first kappa shape index (κ1) is 17.7. The average Bonchev–Trinajstić information content (AvgIpc) is 3.06. The number of carbonyl (C=O) groups excluding carboxylic acids is 1. The maximum Gasteiger partial charge on any atom is 0.225 e. The smallest absolute Gasteiger partial charge is 0.225 e. The SMILES string of the molecule is CCCCS(=O)(=O)N1CCC(C(=O)N(C)C2CCNC2)CC1. The van der Waals surface area contributed by atoms with Crippen LogP contribution in [0.2, 0.25) is 0 Å². The number of likely N-dealkylation sites (N-methyl/N-ethyl adjacent to an activating group) is 1. The van der Waals surface area contributed by atoms with Crippen LogP contribution in [0.15, 0.2) is 0 Å². The van der Waals surface area contributed by atoms with E-state index in [9.17, 15) is 13.2 Å². The summed E-state index contributed by atoms with van der Waals surface area (Å²) in [5.41, 5.74) is 0. The van der Waals surface area contributed by atoms with Crippen molar-refractivity contribution < 1.29 is 13.2 Å². The van der Waals surface area contributed by atoms with E-state index in [1.165, 1.54) is 0 Å². The van der Waals surface area contributed by atoms with Crippen molar-refractivity contribution >= 4 is 15.9 Å². The van der Waals surface area contributed by atoms with Gasteiger partial charge in [-0.15, -0.1) is 0 Å². The van der Waals surface area contributed by atoms with E-state index >= 15 is 0 Å². The molecule has 1 atom stereocenters. The summed E-state index contributed by atoms with van der Waals surface area (Å²) in [6.07, 6.45) is 3.89. The molecule has 0 spiro atoms. The van der Waals surface area contributed by atoms with Gasteiger partial charge in [0, 0.05) is 38.6 Å². The Bertz CT molecular complexity index is 466. The molecule has 22 heavy (non-hydrogen) atoms. The van der Waals surface area contributed by atoms with Crippen molar-refractivity contribution in [2.75, 3.05) is 39.0 Å².